The summed E-state index contributed by atoms with van der Waals surface area (Å²) in [6.07, 6.45) is 8.27. The summed E-state index contributed by atoms with van der Waals surface area (Å²) in [6.45, 7) is 7.43. The highest BCUT2D eigenvalue weighted by Crippen LogP contribution is 2.26. The molecule has 0 bridgehead atoms. The molecule has 0 spiro atoms. The lowest BCUT2D eigenvalue weighted by molar-refractivity contribution is 0.287. The molecule has 0 aromatic carbocycles. The first kappa shape index (κ1) is 18.9. The van der Waals surface area contributed by atoms with Crippen LogP contribution in [0.15, 0.2) is 0 Å². The Bertz CT molecular complexity index is 380. The molecular weight excluding hydrogens is 284 g/mol. The maximum Gasteiger partial charge on any atom is 0.214 e. The van der Waals surface area contributed by atoms with Gasteiger partial charge in [0.05, 0.1) is 5.75 Å². The van der Waals surface area contributed by atoms with E-state index >= 15 is 0 Å². The molecule has 1 rings (SSSR count). The maximum atomic E-state index is 12.8. The third kappa shape index (κ3) is 7.11. The fraction of sp³-hybridized carbons (Fsp3) is 1.00. The number of nitrogens with zero attached hydrogens (tertiary/aromatic N) is 1. The van der Waals surface area contributed by atoms with Crippen molar-refractivity contribution < 1.29 is 8.42 Å². The van der Waals surface area contributed by atoms with Crippen molar-refractivity contribution in [1.29, 1.82) is 0 Å². The summed E-state index contributed by atoms with van der Waals surface area (Å²) >= 11 is 0. The van der Waals surface area contributed by atoms with Gasteiger partial charge in [0.25, 0.3) is 0 Å². The zero-order chi connectivity index (χ0) is 15.9. The Labute approximate surface area is 131 Å². The number of hydrogen-bond acceptors (Lipinski definition) is 3. The second kappa shape index (κ2) is 8.49. The molecule has 0 radical (unpaired) electrons. The first-order valence-corrected chi connectivity index (χ1v) is 10.1. The molecule has 0 amide bonds. The van der Waals surface area contributed by atoms with Crippen molar-refractivity contribution in [3.63, 3.8) is 0 Å². The predicted octanol–water partition coefficient (Wildman–Crippen LogP) is 3.13. The highest BCUT2D eigenvalue weighted by molar-refractivity contribution is 7.89. The van der Waals surface area contributed by atoms with Crippen LogP contribution in [0.4, 0.5) is 0 Å². The van der Waals surface area contributed by atoms with Gasteiger partial charge in [-0.1, -0.05) is 46.5 Å². The highest BCUT2D eigenvalue weighted by atomic mass is 32.2. The van der Waals surface area contributed by atoms with Crippen molar-refractivity contribution >= 4 is 10.0 Å². The van der Waals surface area contributed by atoms with Gasteiger partial charge >= 0.3 is 0 Å². The Morgan fingerprint density at radius 1 is 1.10 bits per heavy atom. The molecule has 1 aliphatic rings. The van der Waals surface area contributed by atoms with Crippen molar-refractivity contribution in [2.24, 2.45) is 11.1 Å². The summed E-state index contributed by atoms with van der Waals surface area (Å²) in [5.74, 6) is 0.261. The average molecular weight is 319 g/mol. The molecule has 21 heavy (non-hydrogen) atoms. The summed E-state index contributed by atoms with van der Waals surface area (Å²) < 4.78 is 27.3. The molecule has 126 valence electrons. The summed E-state index contributed by atoms with van der Waals surface area (Å²) in [7, 11) is -3.17. The smallest absolute Gasteiger partial charge is 0.214 e. The minimum atomic E-state index is -3.17. The highest BCUT2D eigenvalue weighted by Gasteiger charge is 2.30. The molecule has 0 aromatic rings. The number of rotatable bonds is 7. The van der Waals surface area contributed by atoms with Crippen LogP contribution >= 0.6 is 0 Å². The SMILES string of the molecule is CC(C)(C)CCS(=O)(=O)N(CCCN)C1CCCCCC1. The minimum absolute atomic E-state index is 0.0516. The largest absolute Gasteiger partial charge is 0.330 e. The van der Waals surface area contributed by atoms with Crippen LogP contribution in [-0.4, -0.2) is 37.6 Å². The van der Waals surface area contributed by atoms with E-state index in [1.807, 2.05) is 0 Å². The lowest BCUT2D eigenvalue weighted by Crippen LogP contribution is -2.43. The topological polar surface area (TPSA) is 63.4 Å². The fourth-order valence-electron chi connectivity index (χ4n) is 2.89. The van der Waals surface area contributed by atoms with Crippen LogP contribution in [0.25, 0.3) is 0 Å². The van der Waals surface area contributed by atoms with Gasteiger partial charge in [-0.15, -0.1) is 0 Å². The van der Waals surface area contributed by atoms with Crippen LogP contribution in [0.2, 0.25) is 0 Å². The quantitative estimate of drug-likeness (QED) is 0.734. The van der Waals surface area contributed by atoms with Gasteiger partial charge in [0.15, 0.2) is 0 Å². The molecule has 1 fully saturated rings. The van der Waals surface area contributed by atoms with Crippen molar-refractivity contribution in [2.45, 2.75) is 78.2 Å². The number of hydrogen-bond donors (Lipinski definition) is 1. The third-order valence-electron chi connectivity index (χ3n) is 4.28. The maximum absolute atomic E-state index is 12.8. The Morgan fingerprint density at radius 2 is 1.67 bits per heavy atom. The van der Waals surface area contributed by atoms with Gasteiger partial charge in [-0.3, -0.25) is 0 Å². The van der Waals surface area contributed by atoms with E-state index in [0.29, 0.717) is 19.5 Å². The Morgan fingerprint density at radius 3 is 2.14 bits per heavy atom. The van der Waals surface area contributed by atoms with E-state index in [0.717, 1.165) is 32.1 Å². The second-order valence-electron chi connectivity index (χ2n) is 7.53. The normalized spacial score (nSPS) is 18.9. The molecule has 0 atom stereocenters. The summed E-state index contributed by atoms with van der Waals surface area (Å²) in [5.41, 5.74) is 5.65. The second-order valence-corrected chi connectivity index (χ2v) is 9.57. The minimum Gasteiger partial charge on any atom is -0.330 e. The van der Waals surface area contributed by atoms with E-state index in [9.17, 15) is 8.42 Å². The van der Waals surface area contributed by atoms with E-state index in [4.69, 9.17) is 5.73 Å². The summed E-state index contributed by atoms with van der Waals surface area (Å²) in [5, 5.41) is 0. The number of nitrogens with two attached hydrogens (primary N) is 1. The van der Waals surface area contributed by atoms with Crippen LogP contribution in [0.5, 0.6) is 0 Å². The van der Waals surface area contributed by atoms with Crippen molar-refractivity contribution in [2.75, 3.05) is 18.8 Å². The van der Waals surface area contributed by atoms with Gasteiger partial charge in [-0.05, 0) is 37.6 Å². The average Bonchev–Trinajstić information content (AvgIpc) is 2.65. The van der Waals surface area contributed by atoms with Gasteiger partial charge < -0.3 is 5.73 Å². The van der Waals surface area contributed by atoms with E-state index < -0.39 is 10.0 Å². The zero-order valence-corrected chi connectivity index (χ0v) is 14.9. The van der Waals surface area contributed by atoms with Crippen LogP contribution in [0.3, 0.4) is 0 Å². The zero-order valence-electron chi connectivity index (χ0n) is 14.1. The molecule has 1 saturated carbocycles. The van der Waals surface area contributed by atoms with Crippen molar-refractivity contribution in [1.82, 2.24) is 4.31 Å². The predicted molar refractivity (Wildman–Crippen MR) is 89.7 cm³/mol. The van der Waals surface area contributed by atoms with E-state index in [-0.39, 0.29) is 17.2 Å². The van der Waals surface area contributed by atoms with Gasteiger partial charge in [0.2, 0.25) is 10.0 Å². The molecule has 0 aliphatic heterocycles. The van der Waals surface area contributed by atoms with E-state index in [2.05, 4.69) is 20.8 Å². The first-order valence-electron chi connectivity index (χ1n) is 8.46. The molecular formula is C16H34N2O2S. The lowest BCUT2D eigenvalue weighted by Gasteiger charge is -2.31. The Kier molecular flexibility index (Phi) is 7.65. The fourth-order valence-corrected chi connectivity index (χ4v) is 5.07. The monoisotopic (exact) mass is 318 g/mol. The molecule has 5 heteroatoms. The van der Waals surface area contributed by atoms with E-state index in [1.54, 1.807) is 4.31 Å². The van der Waals surface area contributed by atoms with Gasteiger partial charge in [-0.25, -0.2) is 8.42 Å². The third-order valence-corrected chi connectivity index (χ3v) is 6.20. The Hall–Kier alpha value is -0.130. The summed E-state index contributed by atoms with van der Waals surface area (Å²) in [4.78, 5) is 0. The summed E-state index contributed by atoms with van der Waals surface area (Å²) in [6, 6.07) is 0.198. The molecule has 0 unspecified atom stereocenters. The van der Waals surface area contributed by atoms with Crippen LogP contribution in [0, 0.1) is 5.41 Å². The molecule has 0 heterocycles. The van der Waals surface area contributed by atoms with Crippen molar-refractivity contribution in [3.05, 3.63) is 0 Å². The first-order chi connectivity index (χ1) is 9.76. The van der Waals surface area contributed by atoms with Crippen molar-refractivity contribution in [3.8, 4) is 0 Å². The Balaban J connectivity index is 2.78. The van der Waals surface area contributed by atoms with Gasteiger partial charge in [0.1, 0.15) is 0 Å². The van der Waals surface area contributed by atoms with E-state index in [1.165, 1.54) is 12.8 Å². The van der Waals surface area contributed by atoms with Gasteiger partial charge in [-0.2, -0.15) is 4.31 Å². The van der Waals surface area contributed by atoms with Crippen LogP contribution in [0.1, 0.15) is 72.1 Å². The standard InChI is InChI=1S/C16H34N2O2S/c1-16(2,3)11-14-21(19,20)18(13-8-12-17)15-9-6-4-5-7-10-15/h15H,4-14,17H2,1-3H3. The number of sulfonamides is 1. The lowest BCUT2D eigenvalue weighted by atomic mass is 9.94. The molecule has 2 N–H and O–H groups in total. The molecule has 0 saturated heterocycles. The van der Waals surface area contributed by atoms with Crippen LogP contribution < -0.4 is 5.73 Å². The molecule has 0 aromatic heterocycles. The molecule has 1 aliphatic carbocycles. The van der Waals surface area contributed by atoms with Crippen LogP contribution in [-0.2, 0) is 10.0 Å². The molecule has 4 nitrogen and oxygen atoms in total. The van der Waals surface area contributed by atoms with Gasteiger partial charge in [0, 0.05) is 12.6 Å².